The Morgan fingerprint density at radius 1 is 1.16 bits per heavy atom. The molecule has 162 valence electrons. The minimum Gasteiger partial charge on any atom is -0.493 e. The quantitative estimate of drug-likeness (QED) is 0.326. The van der Waals surface area contributed by atoms with Crippen LogP contribution in [0.4, 0.5) is 4.79 Å². The molecule has 2 aromatic carbocycles. The van der Waals surface area contributed by atoms with E-state index in [2.05, 4.69) is 6.58 Å². The summed E-state index contributed by atoms with van der Waals surface area (Å²) in [7, 11) is 1.55. The van der Waals surface area contributed by atoms with Gasteiger partial charge in [-0.3, -0.25) is 14.5 Å². The minimum absolute atomic E-state index is 0.227. The van der Waals surface area contributed by atoms with E-state index in [-0.39, 0.29) is 17.8 Å². The van der Waals surface area contributed by atoms with Crippen LogP contribution in [0.25, 0.3) is 6.08 Å². The van der Waals surface area contributed by atoms with Crippen LogP contribution in [0.3, 0.4) is 0 Å². The monoisotopic (exact) mass is 477 g/mol. The Hall–Kier alpha value is -2.41. The fourth-order valence-electron chi connectivity index (χ4n) is 3.10. The number of thioether (sulfide) groups is 1. The first-order valence-corrected chi connectivity index (χ1v) is 11.1. The van der Waals surface area contributed by atoms with Crippen LogP contribution in [0.5, 0.6) is 11.5 Å². The highest BCUT2D eigenvalue weighted by Crippen LogP contribution is 2.37. The molecule has 1 heterocycles. The van der Waals surface area contributed by atoms with Crippen LogP contribution in [-0.2, 0) is 17.8 Å². The van der Waals surface area contributed by atoms with Gasteiger partial charge < -0.3 is 9.47 Å². The van der Waals surface area contributed by atoms with Gasteiger partial charge in [0.05, 0.1) is 12.0 Å². The van der Waals surface area contributed by atoms with Crippen molar-refractivity contribution in [2.45, 2.75) is 20.0 Å². The molecule has 0 aliphatic carbocycles. The van der Waals surface area contributed by atoms with Gasteiger partial charge in [0.2, 0.25) is 0 Å². The van der Waals surface area contributed by atoms with Gasteiger partial charge in [0, 0.05) is 27.7 Å². The van der Waals surface area contributed by atoms with Crippen molar-refractivity contribution >= 4 is 52.2 Å². The molecular formula is C23H21Cl2NO4S. The first-order chi connectivity index (χ1) is 14.9. The number of halogens is 2. The minimum atomic E-state index is -0.292. The molecule has 1 saturated heterocycles. The summed E-state index contributed by atoms with van der Waals surface area (Å²) in [6.07, 6.45) is 3.97. The molecule has 0 aromatic heterocycles. The third-order valence-corrected chi connectivity index (χ3v) is 6.11. The van der Waals surface area contributed by atoms with Crippen molar-refractivity contribution in [3.05, 3.63) is 74.6 Å². The van der Waals surface area contributed by atoms with Crippen molar-refractivity contribution in [3.63, 3.8) is 0 Å². The summed E-state index contributed by atoms with van der Waals surface area (Å²) in [4.78, 5) is 26.0. The number of methoxy groups -OCH3 is 1. The van der Waals surface area contributed by atoms with E-state index in [1.807, 2.05) is 12.1 Å². The molecule has 1 aliphatic rings. The maximum Gasteiger partial charge on any atom is 0.293 e. The summed E-state index contributed by atoms with van der Waals surface area (Å²) < 4.78 is 11.6. The van der Waals surface area contributed by atoms with Gasteiger partial charge >= 0.3 is 0 Å². The van der Waals surface area contributed by atoms with Crippen LogP contribution >= 0.6 is 35.0 Å². The zero-order valence-electron chi connectivity index (χ0n) is 17.1. The van der Waals surface area contributed by atoms with Gasteiger partial charge in [0.25, 0.3) is 11.1 Å². The van der Waals surface area contributed by atoms with Crippen LogP contribution in [-0.4, -0.2) is 29.7 Å². The van der Waals surface area contributed by atoms with Gasteiger partial charge in [-0.1, -0.05) is 35.3 Å². The van der Waals surface area contributed by atoms with Gasteiger partial charge in [-0.25, -0.2) is 0 Å². The smallest absolute Gasteiger partial charge is 0.293 e. The molecule has 2 amide bonds. The number of hydrogen-bond donors (Lipinski definition) is 0. The van der Waals surface area contributed by atoms with Gasteiger partial charge in [-0.15, -0.1) is 6.58 Å². The van der Waals surface area contributed by atoms with Gasteiger partial charge in [-0.2, -0.15) is 0 Å². The number of rotatable bonds is 8. The summed E-state index contributed by atoms with van der Waals surface area (Å²) in [5.74, 6) is 0.775. The van der Waals surface area contributed by atoms with Gasteiger partial charge in [0.15, 0.2) is 11.5 Å². The Kier molecular flexibility index (Phi) is 7.70. The van der Waals surface area contributed by atoms with E-state index in [1.54, 1.807) is 44.4 Å². The molecule has 5 nitrogen and oxygen atoms in total. The predicted molar refractivity (Wildman–Crippen MR) is 126 cm³/mol. The lowest BCUT2D eigenvalue weighted by atomic mass is 10.0. The Labute approximate surface area is 195 Å². The molecule has 0 unspecified atom stereocenters. The normalized spacial score (nSPS) is 15.0. The van der Waals surface area contributed by atoms with Crippen LogP contribution < -0.4 is 9.47 Å². The van der Waals surface area contributed by atoms with E-state index in [0.29, 0.717) is 39.4 Å². The summed E-state index contributed by atoms with van der Waals surface area (Å²) in [5, 5.41) is 0.798. The Balaban J connectivity index is 1.94. The van der Waals surface area contributed by atoms with Crippen molar-refractivity contribution in [2.24, 2.45) is 0 Å². The standard InChI is InChI=1S/C23H21Cl2NO4S/c1-4-6-15-9-14(11-20-22(27)26(5-2)23(28)31-20)10-19(29-3)21(15)30-13-16-7-8-17(24)12-18(16)25/h4,7-12H,1,5-6,13H2,2-3H3/b20-11+. The molecule has 2 aromatic rings. The lowest BCUT2D eigenvalue weighted by molar-refractivity contribution is -0.122. The molecule has 3 rings (SSSR count). The highest BCUT2D eigenvalue weighted by Gasteiger charge is 2.33. The summed E-state index contributed by atoms with van der Waals surface area (Å²) in [6, 6.07) is 8.88. The third kappa shape index (κ3) is 5.26. The number of carbonyl (C=O) groups is 2. The molecule has 0 spiro atoms. The van der Waals surface area contributed by atoms with Crippen molar-refractivity contribution in [1.29, 1.82) is 0 Å². The van der Waals surface area contributed by atoms with Gasteiger partial charge in [-0.05, 0) is 61.0 Å². The Bertz CT molecular complexity index is 1070. The van der Waals surface area contributed by atoms with E-state index >= 15 is 0 Å². The molecule has 0 atom stereocenters. The number of amides is 2. The third-order valence-electron chi connectivity index (χ3n) is 4.61. The second-order valence-corrected chi connectivity index (χ2v) is 8.49. The molecule has 0 N–H and O–H groups in total. The van der Waals surface area contributed by atoms with Crippen LogP contribution in [0.1, 0.15) is 23.6 Å². The largest absolute Gasteiger partial charge is 0.493 e. The predicted octanol–water partition coefficient (Wildman–Crippen LogP) is 6.37. The second kappa shape index (κ2) is 10.3. The summed E-state index contributed by atoms with van der Waals surface area (Å²) >= 11 is 13.1. The Morgan fingerprint density at radius 3 is 2.55 bits per heavy atom. The van der Waals surface area contributed by atoms with Crippen LogP contribution in [0.2, 0.25) is 10.0 Å². The lowest BCUT2D eigenvalue weighted by Gasteiger charge is -2.16. The molecule has 0 bridgehead atoms. The maximum absolute atomic E-state index is 12.4. The van der Waals surface area contributed by atoms with E-state index in [4.69, 9.17) is 32.7 Å². The average molecular weight is 478 g/mol. The van der Waals surface area contributed by atoms with E-state index < -0.39 is 0 Å². The number of imide groups is 1. The number of ether oxygens (including phenoxy) is 2. The number of likely N-dealkylation sites (N-methyl/N-ethyl adjacent to an activating group) is 1. The van der Waals surface area contributed by atoms with Crippen molar-refractivity contribution in [3.8, 4) is 11.5 Å². The summed E-state index contributed by atoms with van der Waals surface area (Å²) in [5.41, 5.74) is 2.35. The first kappa shape index (κ1) is 23.3. The van der Waals surface area contributed by atoms with E-state index in [9.17, 15) is 9.59 Å². The highest BCUT2D eigenvalue weighted by molar-refractivity contribution is 8.18. The number of allylic oxidation sites excluding steroid dienone is 1. The molecule has 0 saturated carbocycles. The first-order valence-electron chi connectivity index (χ1n) is 9.51. The maximum atomic E-state index is 12.4. The average Bonchev–Trinajstić information content (AvgIpc) is 3.00. The van der Waals surface area contributed by atoms with Crippen LogP contribution in [0, 0.1) is 0 Å². The topological polar surface area (TPSA) is 55.8 Å². The summed E-state index contributed by atoms with van der Waals surface area (Å²) in [6.45, 7) is 6.15. The zero-order chi connectivity index (χ0) is 22.5. The van der Waals surface area contributed by atoms with E-state index in [0.717, 1.165) is 28.5 Å². The molecule has 8 heteroatoms. The number of benzene rings is 2. The number of nitrogens with zero attached hydrogens (tertiary/aromatic N) is 1. The molecular weight excluding hydrogens is 457 g/mol. The van der Waals surface area contributed by atoms with Crippen molar-refractivity contribution in [1.82, 2.24) is 4.90 Å². The molecule has 1 fully saturated rings. The zero-order valence-corrected chi connectivity index (χ0v) is 19.4. The van der Waals surface area contributed by atoms with Crippen molar-refractivity contribution in [2.75, 3.05) is 13.7 Å². The fourth-order valence-corrected chi connectivity index (χ4v) is 4.47. The number of hydrogen-bond acceptors (Lipinski definition) is 5. The second-order valence-electron chi connectivity index (χ2n) is 6.65. The molecule has 31 heavy (non-hydrogen) atoms. The Morgan fingerprint density at radius 2 is 1.94 bits per heavy atom. The van der Waals surface area contributed by atoms with Crippen molar-refractivity contribution < 1.29 is 19.1 Å². The van der Waals surface area contributed by atoms with Gasteiger partial charge in [0.1, 0.15) is 6.61 Å². The van der Waals surface area contributed by atoms with E-state index in [1.165, 1.54) is 4.90 Å². The van der Waals surface area contributed by atoms with Crippen LogP contribution in [0.15, 0.2) is 47.9 Å². The molecule has 1 aliphatic heterocycles. The number of carbonyl (C=O) groups excluding carboxylic acids is 2. The lowest BCUT2D eigenvalue weighted by Crippen LogP contribution is -2.27. The molecule has 0 radical (unpaired) electrons. The fraction of sp³-hybridized carbons (Fsp3) is 0.217. The highest BCUT2D eigenvalue weighted by atomic mass is 35.5. The SMILES string of the molecule is C=CCc1cc(/C=C2/SC(=O)N(CC)C2=O)cc(OC)c1OCc1ccc(Cl)cc1Cl.